The third kappa shape index (κ3) is 2.21. The summed E-state index contributed by atoms with van der Waals surface area (Å²) in [6.07, 6.45) is 0. The molecule has 4 rings (SSSR count). The van der Waals surface area contributed by atoms with Crippen LogP contribution in [0.15, 0.2) is 91.0 Å². The Hall–Kier alpha value is -2.93. The first-order chi connectivity index (χ1) is 11.7. The zero-order valence-corrected chi connectivity index (χ0v) is 13.6. The van der Waals surface area contributed by atoms with E-state index < -0.39 is 5.41 Å². The van der Waals surface area contributed by atoms with Gasteiger partial charge in [0.25, 0.3) is 0 Å². The number of hydrogen-bond acceptors (Lipinski definition) is 1. The van der Waals surface area contributed by atoms with Crippen molar-refractivity contribution >= 4 is 16.9 Å². The van der Waals surface area contributed by atoms with Gasteiger partial charge in [-0.1, -0.05) is 91.0 Å². The predicted octanol–water partition coefficient (Wildman–Crippen LogP) is 5.50. The molecule has 1 nitrogen and oxygen atoms in total. The molecule has 0 N–H and O–H groups in total. The molecule has 3 aromatic carbocycles. The lowest BCUT2D eigenvalue weighted by Crippen LogP contribution is -2.17. The normalized spacial score (nSPS) is 15.2. The van der Waals surface area contributed by atoms with Crippen LogP contribution in [0.5, 0.6) is 0 Å². The maximum atomic E-state index is 13.3. The second-order valence-corrected chi connectivity index (χ2v) is 6.30. The fourth-order valence-corrected chi connectivity index (χ4v) is 3.56. The van der Waals surface area contributed by atoms with Gasteiger partial charge in [0.1, 0.15) is 0 Å². The van der Waals surface area contributed by atoms with Gasteiger partial charge in [0.2, 0.25) is 0 Å². The van der Waals surface area contributed by atoms with Crippen molar-refractivity contribution in [3.05, 3.63) is 108 Å². The maximum Gasteiger partial charge on any atom is 0.177 e. The molecule has 0 fully saturated rings. The summed E-state index contributed by atoms with van der Waals surface area (Å²) >= 11 is 0. The predicted molar refractivity (Wildman–Crippen MR) is 98.6 cm³/mol. The van der Waals surface area contributed by atoms with Crippen LogP contribution in [0.25, 0.3) is 11.1 Å². The van der Waals surface area contributed by atoms with Crippen LogP contribution in [0.3, 0.4) is 0 Å². The Morgan fingerprint density at radius 1 is 0.625 bits per heavy atom. The molecule has 24 heavy (non-hydrogen) atoms. The van der Waals surface area contributed by atoms with Crippen molar-refractivity contribution in [3.8, 4) is 0 Å². The molecule has 116 valence electrons. The second kappa shape index (κ2) is 5.61. The smallest absolute Gasteiger partial charge is 0.177 e. The van der Waals surface area contributed by atoms with Crippen LogP contribution in [0.1, 0.15) is 28.4 Å². The van der Waals surface area contributed by atoms with E-state index in [2.05, 4.69) is 24.3 Å². The van der Waals surface area contributed by atoms with Gasteiger partial charge in [0.15, 0.2) is 5.78 Å². The Labute approximate surface area is 142 Å². The van der Waals surface area contributed by atoms with E-state index >= 15 is 0 Å². The second-order valence-electron chi connectivity index (χ2n) is 6.30. The molecule has 0 radical (unpaired) electrons. The van der Waals surface area contributed by atoms with Gasteiger partial charge in [-0.2, -0.15) is 0 Å². The van der Waals surface area contributed by atoms with E-state index in [4.69, 9.17) is 0 Å². The third-order valence-corrected chi connectivity index (χ3v) is 4.80. The first-order valence-electron chi connectivity index (χ1n) is 8.19. The molecular weight excluding hydrogens is 292 g/mol. The first kappa shape index (κ1) is 14.6. The largest absolute Gasteiger partial charge is 0.293 e. The van der Waals surface area contributed by atoms with Gasteiger partial charge in [0, 0.05) is 5.56 Å². The SMILES string of the molecule is CC1(C(=O)c2ccccc2)C(c2ccccc2)=C1c1ccccc1. The number of hydrogen-bond donors (Lipinski definition) is 0. The Morgan fingerprint density at radius 2 is 1.00 bits per heavy atom. The van der Waals surface area contributed by atoms with Crippen molar-refractivity contribution in [1.29, 1.82) is 0 Å². The van der Waals surface area contributed by atoms with Crippen LogP contribution < -0.4 is 0 Å². The van der Waals surface area contributed by atoms with Gasteiger partial charge in [0.05, 0.1) is 5.41 Å². The van der Waals surface area contributed by atoms with Gasteiger partial charge in [-0.3, -0.25) is 4.79 Å². The van der Waals surface area contributed by atoms with Crippen molar-refractivity contribution in [3.63, 3.8) is 0 Å². The molecule has 0 aromatic heterocycles. The van der Waals surface area contributed by atoms with Crippen molar-refractivity contribution in [2.45, 2.75) is 6.92 Å². The highest BCUT2D eigenvalue weighted by Crippen LogP contribution is 2.64. The van der Waals surface area contributed by atoms with Crippen LogP contribution in [-0.2, 0) is 0 Å². The Morgan fingerprint density at radius 3 is 1.42 bits per heavy atom. The molecule has 1 aliphatic rings. The Balaban J connectivity index is 1.83. The lowest BCUT2D eigenvalue weighted by Gasteiger charge is -2.14. The molecule has 0 amide bonds. The van der Waals surface area contributed by atoms with Crippen molar-refractivity contribution < 1.29 is 4.79 Å². The highest BCUT2D eigenvalue weighted by Gasteiger charge is 2.55. The zero-order valence-electron chi connectivity index (χ0n) is 13.6. The molecule has 0 spiro atoms. The van der Waals surface area contributed by atoms with Crippen LogP contribution in [0.4, 0.5) is 0 Å². The zero-order chi connectivity index (χ0) is 16.6. The van der Waals surface area contributed by atoms with Gasteiger partial charge < -0.3 is 0 Å². The van der Waals surface area contributed by atoms with E-state index in [1.807, 2.05) is 73.7 Å². The van der Waals surface area contributed by atoms with E-state index in [9.17, 15) is 4.79 Å². The monoisotopic (exact) mass is 310 g/mol. The summed E-state index contributed by atoms with van der Waals surface area (Å²) in [5.74, 6) is 0.167. The van der Waals surface area contributed by atoms with Crippen LogP contribution in [-0.4, -0.2) is 5.78 Å². The Kier molecular flexibility index (Phi) is 3.42. The summed E-state index contributed by atoms with van der Waals surface area (Å²) in [6, 6.07) is 30.0. The molecule has 0 saturated heterocycles. The number of carbonyl (C=O) groups excluding carboxylic acids is 1. The van der Waals surface area contributed by atoms with Gasteiger partial charge >= 0.3 is 0 Å². The number of Topliss-reactive ketones (excluding diaryl/α,β-unsaturated/α-hetero) is 1. The third-order valence-electron chi connectivity index (χ3n) is 4.80. The standard InChI is InChI=1S/C23H18O/c1-23(22(24)19-15-9-4-10-16-19)20(17-11-5-2-6-12-17)21(23)18-13-7-3-8-14-18/h2-16H,1H3. The van der Waals surface area contributed by atoms with Gasteiger partial charge in [-0.25, -0.2) is 0 Å². The average molecular weight is 310 g/mol. The molecule has 0 atom stereocenters. The molecular formula is C23H18O. The van der Waals surface area contributed by atoms with Gasteiger partial charge in [-0.05, 0) is 29.2 Å². The summed E-state index contributed by atoms with van der Waals surface area (Å²) in [4.78, 5) is 13.3. The quantitative estimate of drug-likeness (QED) is 0.581. The first-order valence-corrected chi connectivity index (χ1v) is 8.19. The number of ketones is 1. The molecule has 3 aromatic rings. The molecule has 0 heterocycles. The maximum absolute atomic E-state index is 13.3. The van der Waals surface area contributed by atoms with Crippen LogP contribution in [0, 0.1) is 5.41 Å². The van der Waals surface area contributed by atoms with Crippen molar-refractivity contribution in [2.75, 3.05) is 0 Å². The molecule has 1 aliphatic carbocycles. The molecule has 0 aliphatic heterocycles. The average Bonchev–Trinajstić information content (AvgIpc) is 3.30. The highest BCUT2D eigenvalue weighted by atomic mass is 16.1. The van der Waals surface area contributed by atoms with E-state index in [0.717, 1.165) is 27.8 Å². The Bertz CT molecular complexity index is 857. The molecule has 0 saturated carbocycles. The minimum Gasteiger partial charge on any atom is -0.293 e. The summed E-state index contributed by atoms with van der Waals surface area (Å²) in [5.41, 5.74) is 4.75. The number of allylic oxidation sites excluding steroid dienone is 2. The van der Waals surface area contributed by atoms with Crippen molar-refractivity contribution in [2.24, 2.45) is 5.41 Å². The minimum absolute atomic E-state index is 0.167. The number of rotatable bonds is 4. The van der Waals surface area contributed by atoms with E-state index in [1.54, 1.807) is 0 Å². The van der Waals surface area contributed by atoms with Crippen molar-refractivity contribution in [1.82, 2.24) is 0 Å². The highest BCUT2D eigenvalue weighted by molar-refractivity contribution is 6.31. The summed E-state index contributed by atoms with van der Waals surface area (Å²) in [6.45, 7) is 2.05. The lowest BCUT2D eigenvalue weighted by atomic mass is 9.86. The van der Waals surface area contributed by atoms with E-state index in [-0.39, 0.29) is 5.78 Å². The van der Waals surface area contributed by atoms with E-state index in [0.29, 0.717) is 0 Å². The fraction of sp³-hybridized carbons (Fsp3) is 0.0870. The summed E-state index contributed by atoms with van der Waals surface area (Å²) < 4.78 is 0. The number of benzene rings is 3. The van der Waals surface area contributed by atoms with Crippen LogP contribution >= 0.6 is 0 Å². The fourth-order valence-electron chi connectivity index (χ4n) is 3.56. The molecule has 1 heteroatoms. The topological polar surface area (TPSA) is 17.1 Å². The summed E-state index contributed by atoms with van der Waals surface area (Å²) in [7, 11) is 0. The lowest BCUT2D eigenvalue weighted by molar-refractivity contribution is 0.0936. The summed E-state index contributed by atoms with van der Waals surface area (Å²) in [5, 5.41) is 0. The van der Waals surface area contributed by atoms with E-state index in [1.165, 1.54) is 0 Å². The molecule has 0 unspecified atom stereocenters. The van der Waals surface area contributed by atoms with Gasteiger partial charge in [-0.15, -0.1) is 0 Å². The molecule has 0 bridgehead atoms. The minimum atomic E-state index is -0.552. The van der Waals surface area contributed by atoms with Crippen LogP contribution in [0.2, 0.25) is 0 Å². The number of carbonyl (C=O) groups is 1.